The summed E-state index contributed by atoms with van der Waals surface area (Å²) in [7, 11) is 2.68. The van der Waals surface area contributed by atoms with E-state index >= 15 is 0 Å². The number of nitrogens with zero attached hydrogens (tertiary/aromatic N) is 1. The number of urea groups is 1. The van der Waals surface area contributed by atoms with Crippen LogP contribution in [-0.2, 0) is 19.2 Å². The fourth-order valence-corrected chi connectivity index (χ4v) is 0.700. The fraction of sp³-hybridized carbons (Fsp3) is 0.625. The third-order valence-corrected chi connectivity index (χ3v) is 1.58. The van der Waals surface area contributed by atoms with Crippen LogP contribution < -0.4 is 5.48 Å². The highest BCUT2D eigenvalue weighted by Crippen LogP contribution is 1.90. The Morgan fingerprint density at radius 1 is 1.38 bits per heavy atom. The molecule has 16 heavy (non-hydrogen) atoms. The van der Waals surface area contributed by atoms with Gasteiger partial charge in [-0.2, -0.15) is 0 Å². The van der Waals surface area contributed by atoms with Crippen LogP contribution in [0.4, 0.5) is 4.79 Å². The van der Waals surface area contributed by atoms with Crippen molar-refractivity contribution in [1.82, 2.24) is 10.4 Å². The molecule has 0 bridgehead atoms. The lowest BCUT2D eigenvalue weighted by atomic mass is 10.4. The Morgan fingerprint density at radius 2 is 2.00 bits per heavy atom. The Hall–Kier alpha value is -1.83. The molecule has 0 heterocycles. The Kier molecular flexibility index (Phi) is 6.61. The Labute approximate surface area is 92.1 Å². The van der Waals surface area contributed by atoms with Crippen LogP contribution >= 0.6 is 0 Å². The van der Waals surface area contributed by atoms with Crippen LogP contribution in [0.5, 0.6) is 0 Å². The van der Waals surface area contributed by atoms with E-state index in [0.29, 0.717) is 0 Å². The number of hydrogen-bond acceptors (Lipinski definition) is 5. The molecule has 0 fully saturated rings. The van der Waals surface area contributed by atoms with Gasteiger partial charge >= 0.3 is 18.0 Å². The van der Waals surface area contributed by atoms with Gasteiger partial charge in [0.25, 0.3) is 0 Å². The number of methoxy groups -OCH3 is 1. The van der Waals surface area contributed by atoms with Crippen molar-refractivity contribution in [3.8, 4) is 0 Å². The van der Waals surface area contributed by atoms with Crippen molar-refractivity contribution >= 4 is 18.0 Å². The standard InChI is InChI=1S/C8H14N2O6/c1-10(4-3-7(13)15-2)8(14)9-16-5-6(11)12/h3-5H2,1-2H3,(H,9,14)(H,11,12). The number of carbonyl (C=O) groups excluding carboxylic acids is 2. The number of hydrogen-bond donors (Lipinski definition) is 2. The maximum atomic E-state index is 11.2. The van der Waals surface area contributed by atoms with Crippen LogP contribution in [0.15, 0.2) is 0 Å². The average molecular weight is 234 g/mol. The lowest BCUT2D eigenvalue weighted by Gasteiger charge is -2.16. The molecule has 92 valence electrons. The molecule has 8 nitrogen and oxygen atoms in total. The van der Waals surface area contributed by atoms with Crippen molar-refractivity contribution in [3.05, 3.63) is 0 Å². The monoisotopic (exact) mass is 234 g/mol. The second-order valence-electron chi connectivity index (χ2n) is 2.84. The molecule has 8 heteroatoms. The van der Waals surface area contributed by atoms with Crippen LogP contribution in [0.3, 0.4) is 0 Å². The minimum absolute atomic E-state index is 0.0549. The summed E-state index contributed by atoms with van der Waals surface area (Å²) in [6.07, 6.45) is 0.0549. The molecule has 0 aromatic rings. The summed E-state index contributed by atoms with van der Waals surface area (Å²) in [5.74, 6) is -1.64. The van der Waals surface area contributed by atoms with Crippen LogP contribution in [0.2, 0.25) is 0 Å². The third-order valence-electron chi connectivity index (χ3n) is 1.58. The van der Waals surface area contributed by atoms with Gasteiger partial charge in [-0.3, -0.25) is 9.63 Å². The quantitative estimate of drug-likeness (QED) is 0.460. The maximum Gasteiger partial charge on any atom is 0.341 e. The summed E-state index contributed by atoms with van der Waals surface area (Å²) >= 11 is 0. The molecule has 0 aliphatic rings. The van der Waals surface area contributed by atoms with Gasteiger partial charge in [0, 0.05) is 13.6 Å². The zero-order valence-electron chi connectivity index (χ0n) is 9.06. The van der Waals surface area contributed by atoms with Gasteiger partial charge in [0.1, 0.15) is 0 Å². The number of carboxylic acid groups (broad SMARTS) is 1. The highest BCUT2D eigenvalue weighted by atomic mass is 16.7. The Balaban J connectivity index is 3.73. The molecule has 2 N–H and O–H groups in total. The van der Waals surface area contributed by atoms with Crippen molar-refractivity contribution < 1.29 is 29.1 Å². The number of nitrogens with one attached hydrogen (secondary N) is 1. The van der Waals surface area contributed by atoms with Crippen molar-refractivity contribution in [3.63, 3.8) is 0 Å². The molecule has 2 amide bonds. The molecule has 0 aliphatic carbocycles. The van der Waals surface area contributed by atoms with Gasteiger partial charge < -0.3 is 14.7 Å². The number of carboxylic acids is 1. The second kappa shape index (κ2) is 7.46. The zero-order chi connectivity index (χ0) is 12.6. The maximum absolute atomic E-state index is 11.2. The van der Waals surface area contributed by atoms with Crippen molar-refractivity contribution in [2.24, 2.45) is 0 Å². The zero-order valence-corrected chi connectivity index (χ0v) is 9.06. The molecule has 0 unspecified atom stereocenters. The summed E-state index contributed by atoms with van der Waals surface area (Å²) in [4.78, 5) is 37.5. The van der Waals surface area contributed by atoms with E-state index in [1.165, 1.54) is 19.1 Å². The van der Waals surface area contributed by atoms with Gasteiger partial charge in [-0.25, -0.2) is 15.1 Å². The van der Waals surface area contributed by atoms with Gasteiger partial charge in [0.15, 0.2) is 6.61 Å². The van der Waals surface area contributed by atoms with E-state index in [1.54, 1.807) is 0 Å². The highest BCUT2D eigenvalue weighted by Gasteiger charge is 2.11. The van der Waals surface area contributed by atoms with Gasteiger partial charge in [0.2, 0.25) is 0 Å². The third kappa shape index (κ3) is 6.60. The summed E-state index contributed by atoms with van der Waals surface area (Å²) in [5, 5.41) is 8.22. The SMILES string of the molecule is COC(=O)CCN(C)C(=O)NOCC(=O)O. The van der Waals surface area contributed by atoms with E-state index in [9.17, 15) is 14.4 Å². The minimum Gasteiger partial charge on any atom is -0.479 e. The number of carbonyl (C=O) groups is 3. The first-order valence-electron chi connectivity index (χ1n) is 4.39. The van der Waals surface area contributed by atoms with Gasteiger partial charge in [-0.05, 0) is 0 Å². The number of rotatable bonds is 6. The molecule has 0 atom stereocenters. The van der Waals surface area contributed by atoms with Crippen LogP contribution in [0.1, 0.15) is 6.42 Å². The first-order chi connectivity index (χ1) is 7.47. The van der Waals surface area contributed by atoms with E-state index in [2.05, 4.69) is 9.57 Å². The second-order valence-corrected chi connectivity index (χ2v) is 2.84. The first kappa shape index (κ1) is 14.2. The number of hydroxylamine groups is 1. The van der Waals surface area contributed by atoms with Crippen molar-refractivity contribution in [1.29, 1.82) is 0 Å². The highest BCUT2D eigenvalue weighted by molar-refractivity contribution is 5.75. The van der Waals surface area contributed by atoms with E-state index < -0.39 is 24.6 Å². The van der Waals surface area contributed by atoms with E-state index in [-0.39, 0.29) is 13.0 Å². The topological polar surface area (TPSA) is 105 Å². The number of aliphatic carboxylic acids is 1. The van der Waals surface area contributed by atoms with Crippen LogP contribution in [-0.4, -0.2) is 55.3 Å². The number of esters is 1. The normalized spacial score (nSPS) is 9.38. The summed E-state index contributed by atoms with van der Waals surface area (Å²) in [6, 6.07) is -0.634. The lowest BCUT2D eigenvalue weighted by molar-refractivity contribution is -0.144. The van der Waals surface area contributed by atoms with E-state index in [1.807, 2.05) is 5.48 Å². The lowest BCUT2D eigenvalue weighted by Crippen LogP contribution is -2.39. The number of amides is 2. The number of ether oxygens (including phenoxy) is 1. The Morgan fingerprint density at radius 3 is 2.50 bits per heavy atom. The molecule has 0 aromatic heterocycles. The summed E-state index contributed by atoms with van der Waals surface area (Å²) in [5.41, 5.74) is 1.91. The smallest absolute Gasteiger partial charge is 0.341 e. The van der Waals surface area contributed by atoms with Crippen LogP contribution in [0, 0.1) is 0 Å². The predicted molar refractivity (Wildman–Crippen MR) is 51.4 cm³/mol. The first-order valence-corrected chi connectivity index (χ1v) is 4.39. The van der Waals surface area contributed by atoms with Gasteiger partial charge in [0.05, 0.1) is 13.5 Å². The summed E-state index contributed by atoms with van der Waals surface area (Å²) in [6.45, 7) is -0.481. The van der Waals surface area contributed by atoms with Crippen LogP contribution in [0.25, 0.3) is 0 Å². The predicted octanol–water partition coefficient (Wildman–Crippen LogP) is -0.793. The average Bonchev–Trinajstić information content (AvgIpc) is 2.24. The van der Waals surface area contributed by atoms with Crippen molar-refractivity contribution in [2.75, 3.05) is 27.3 Å². The fourth-order valence-electron chi connectivity index (χ4n) is 0.700. The molecule has 0 saturated heterocycles. The molecule has 0 saturated carbocycles. The minimum atomic E-state index is -1.20. The molecular formula is C8H14N2O6. The molecule has 0 rings (SSSR count). The van der Waals surface area contributed by atoms with E-state index in [4.69, 9.17) is 5.11 Å². The largest absolute Gasteiger partial charge is 0.479 e. The molecule has 0 aromatic carbocycles. The molecule has 0 spiro atoms. The van der Waals surface area contributed by atoms with E-state index in [0.717, 1.165) is 0 Å². The molecule has 0 aliphatic heterocycles. The molecule has 0 radical (unpaired) electrons. The summed E-state index contributed by atoms with van der Waals surface area (Å²) < 4.78 is 4.39. The van der Waals surface area contributed by atoms with Gasteiger partial charge in [-0.1, -0.05) is 0 Å². The van der Waals surface area contributed by atoms with Crippen molar-refractivity contribution in [2.45, 2.75) is 6.42 Å². The Bertz CT molecular complexity index is 267. The molecular weight excluding hydrogens is 220 g/mol. The van der Waals surface area contributed by atoms with Gasteiger partial charge in [-0.15, -0.1) is 0 Å².